The summed E-state index contributed by atoms with van der Waals surface area (Å²) in [4.78, 5) is 26.6. The molecule has 0 bridgehead atoms. The number of halogens is 3. The summed E-state index contributed by atoms with van der Waals surface area (Å²) in [5, 5.41) is 8.39. The minimum Gasteiger partial charge on any atom is -0.495 e. The molecule has 0 atom stereocenters. The van der Waals surface area contributed by atoms with E-state index in [-0.39, 0.29) is 11.6 Å². The van der Waals surface area contributed by atoms with Gasteiger partial charge >= 0.3 is 6.18 Å². The smallest absolute Gasteiger partial charge is 0.416 e. The molecule has 2 fully saturated rings. The summed E-state index contributed by atoms with van der Waals surface area (Å²) in [6, 6.07) is 9.98. The second-order valence-corrected chi connectivity index (χ2v) is 11.5. The molecule has 2 aromatic carbocycles. The van der Waals surface area contributed by atoms with Crippen LogP contribution >= 0.6 is 0 Å². The fourth-order valence-corrected chi connectivity index (χ4v) is 6.25. The Bertz CT molecular complexity index is 1640. The Balaban J connectivity index is 1.24. The number of nitrogens with two attached hydrogens (primary N) is 1. The Morgan fingerprint density at radius 1 is 0.977 bits per heavy atom. The highest BCUT2D eigenvalue weighted by Crippen LogP contribution is 2.39. The molecule has 0 unspecified atom stereocenters. The predicted molar refractivity (Wildman–Crippen MR) is 161 cm³/mol. The van der Waals surface area contributed by atoms with E-state index in [0.717, 1.165) is 76.1 Å². The zero-order valence-electron chi connectivity index (χ0n) is 24.6. The molecule has 1 saturated heterocycles. The van der Waals surface area contributed by atoms with Crippen LogP contribution in [-0.4, -0.2) is 81.8 Å². The van der Waals surface area contributed by atoms with Crippen molar-refractivity contribution in [3.8, 4) is 17.0 Å². The number of nitrogen functional groups attached to an aromatic ring is 1. The summed E-state index contributed by atoms with van der Waals surface area (Å²) >= 11 is 0. The number of rotatable bonds is 6. The first kappa shape index (κ1) is 29.8. The van der Waals surface area contributed by atoms with Gasteiger partial charge in [0.25, 0.3) is 5.91 Å². The molecule has 4 aromatic rings. The number of piperazine rings is 1. The maximum Gasteiger partial charge on any atom is 0.416 e. The largest absolute Gasteiger partial charge is 0.495 e. The Kier molecular flexibility index (Phi) is 8.16. The number of amides is 1. The molecule has 1 saturated carbocycles. The van der Waals surface area contributed by atoms with Crippen LogP contribution < -0.4 is 15.8 Å². The van der Waals surface area contributed by atoms with Crippen LogP contribution in [0.25, 0.3) is 22.3 Å². The minimum atomic E-state index is -4.48. The third-order valence-electron chi connectivity index (χ3n) is 8.78. The zero-order chi connectivity index (χ0) is 31.0. The van der Waals surface area contributed by atoms with E-state index in [1.54, 1.807) is 18.2 Å². The van der Waals surface area contributed by atoms with E-state index < -0.39 is 17.6 Å². The van der Waals surface area contributed by atoms with Gasteiger partial charge in [0, 0.05) is 43.3 Å². The number of anilines is 2. The number of ether oxygens (including phenoxy) is 1. The van der Waals surface area contributed by atoms with Crippen molar-refractivity contribution in [2.24, 2.45) is 0 Å². The molecule has 1 aliphatic heterocycles. The van der Waals surface area contributed by atoms with E-state index >= 15 is 0 Å². The average molecular weight is 609 g/mol. The monoisotopic (exact) mass is 608 g/mol. The summed E-state index contributed by atoms with van der Waals surface area (Å²) in [6.07, 6.45) is 1.12. The zero-order valence-corrected chi connectivity index (χ0v) is 24.6. The van der Waals surface area contributed by atoms with E-state index in [9.17, 15) is 18.0 Å². The Morgan fingerprint density at radius 3 is 2.32 bits per heavy atom. The number of benzene rings is 2. The molecule has 13 heteroatoms. The van der Waals surface area contributed by atoms with Gasteiger partial charge in [-0.2, -0.15) is 18.3 Å². The van der Waals surface area contributed by atoms with Gasteiger partial charge in [0.2, 0.25) is 0 Å². The average Bonchev–Trinajstić information content (AvgIpc) is 3.42. The summed E-state index contributed by atoms with van der Waals surface area (Å²) in [6.45, 7) is 4.41. The summed E-state index contributed by atoms with van der Waals surface area (Å²) in [5.41, 5.74) is 7.96. The van der Waals surface area contributed by atoms with Gasteiger partial charge in [-0.1, -0.05) is 6.07 Å². The van der Waals surface area contributed by atoms with E-state index in [1.165, 1.54) is 13.4 Å². The first-order valence-electron chi connectivity index (χ1n) is 14.7. The number of alkyl halides is 3. The Morgan fingerprint density at radius 2 is 1.66 bits per heavy atom. The number of hydrogen-bond donors (Lipinski definition) is 2. The number of aromatic nitrogens is 4. The standard InChI is InChI=1S/C31H35F3N8O2/c1-40-13-15-41(16-14-40)22-8-10-23(11-9-22)42-29-26(28(35)36-18-37-29)27(39-42)20-5-12-24(25(17-20)44-2)38-30(43)19-3-6-21(7-4-19)31(32,33)34/h3-7,12,17-18,22-23H,8-11,13-16H2,1-2H3,(H,38,43)(H2,35,36,37)/t22-,23-. The topological polar surface area (TPSA) is 114 Å². The van der Waals surface area contributed by atoms with Gasteiger partial charge in [-0.25, -0.2) is 14.6 Å². The lowest BCUT2D eigenvalue weighted by Gasteiger charge is -2.41. The van der Waals surface area contributed by atoms with Crippen molar-refractivity contribution in [2.45, 2.75) is 43.9 Å². The molecule has 0 radical (unpaired) electrons. The van der Waals surface area contributed by atoms with Crippen LogP contribution in [-0.2, 0) is 6.18 Å². The van der Waals surface area contributed by atoms with Crippen LogP contribution in [0.2, 0.25) is 0 Å². The highest BCUT2D eigenvalue weighted by atomic mass is 19.4. The van der Waals surface area contributed by atoms with Crippen molar-refractivity contribution >= 4 is 28.4 Å². The van der Waals surface area contributed by atoms with Crippen molar-refractivity contribution in [2.75, 3.05) is 51.4 Å². The predicted octanol–water partition coefficient (Wildman–Crippen LogP) is 5.09. The molecule has 232 valence electrons. The first-order chi connectivity index (χ1) is 21.1. The van der Waals surface area contributed by atoms with Gasteiger partial charge in [-0.3, -0.25) is 9.69 Å². The molecule has 2 aromatic heterocycles. The molecule has 0 spiro atoms. The highest BCUT2D eigenvalue weighted by Gasteiger charge is 2.32. The number of likely N-dealkylation sites (N-methyl/N-ethyl adjacent to an activating group) is 1. The van der Waals surface area contributed by atoms with Crippen LogP contribution in [0.3, 0.4) is 0 Å². The van der Waals surface area contributed by atoms with E-state index in [4.69, 9.17) is 15.6 Å². The van der Waals surface area contributed by atoms with Crippen molar-refractivity contribution in [3.05, 3.63) is 59.9 Å². The van der Waals surface area contributed by atoms with Crippen molar-refractivity contribution < 1.29 is 22.7 Å². The number of hydrogen-bond acceptors (Lipinski definition) is 8. The van der Waals surface area contributed by atoms with Crippen LogP contribution in [0.5, 0.6) is 5.75 Å². The van der Waals surface area contributed by atoms with Gasteiger partial charge in [0.1, 0.15) is 23.6 Å². The van der Waals surface area contributed by atoms with Gasteiger partial charge in [-0.15, -0.1) is 0 Å². The molecule has 1 amide bonds. The highest BCUT2D eigenvalue weighted by molar-refractivity contribution is 6.05. The molecule has 3 N–H and O–H groups in total. The number of nitrogens with one attached hydrogen (secondary N) is 1. The maximum atomic E-state index is 12.9. The SMILES string of the molecule is COc1cc(-c2nn([C@H]3CC[C@H](N4CCN(C)CC4)CC3)c3ncnc(N)c23)ccc1NC(=O)c1ccc(C(F)(F)F)cc1. The summed E-state index contributed by atoms with van der Waals surface area (Å²) in [5.74, 6) is 0.110. The fraction of sp³-hybridized carbons (Fsp3) is 0.419. The Hall–Kier alpha value is -4.23. The van der Waals surface area contributed by atoms with Crippen LogP contribution in [0.1, 0.15) is 47.6 Å². The molecule has 44 heavy (non-hydrogen) atoms. The minimum absolute atomic E-state index is 0.0844. The molecule has 3 heterocycles. The first-order valence-corrected chi connectivity index (χ1v) is 14.7. The number of fused-ring (bicyclic) bond motifs is 1. The molecule has 2 aliphatic rings. The normalized spacial score (nSPS) is 20.1. The van der Waals surface area contributed by atoms with Crippen molar-refractivity contribution in [1.82, 2.24) is 29.5 Å². The molecule has 10 nitrogen and oxygen atoms in total. The molecular weight excluding hydrogens is 573 g/mol. The van der Waals surface area contributed by atoms with Crippen LogP contribution in [0.4, 0.5) is 24.7 Å². The van der Waals surface area contributed by atoms with Crippen molar-refractivity contribution in [1.29, 1.82) is 0 Å². The quantitative estimate of drug-likeness (QED) is 0.311. The Labute approximate surface area is 253 Å². The lowest BCUT2D eigenvalue weighted by molar-refractivity contribution is -0.137. The molecule has 6 rings (SSSR count). The lowest BCUT2D eigenvalue weighted by atomic mass is 9.90. The van der Waals surface area contributed by atoms with Crippen molar-refractivity contribution in [3.63, 3.8) is 0 Å². The third kappa shape index (κ3) is 5.93. The second-order valence-electron chi connectivity index (χ2n) is 11.5. The molecule has 1 aliphatic carbocycles. The van der Waals surface area contributed by atoms with Gasteiger partial charge in [0.15, 0.2) is 5.65 Å². The maximum absolute atomic E-state index is 12.9. The van der Waals surface area contributed by atoms with Gasteiger partial charge in [-0.05, 0) is 69.1 Å². The number of nitrogens with zero attached hydrogens (tertiary/aromatic N) is 6. The van der Waals surface area contributed by atoms with E-state index in [0.29, 0.717) is 45.6 Å². The van der Waals surface area contributed by atoms with Gasteiger partial charge in [0.05, 0.1) is 29.8 Å². The second kappa shape index (κ2) is 12.0. The van der Waals surface area contributed by atoms with Crippen LogP contribution in [0, 0.1) is 0 Å². The summed E-state index contributed by atoms with van der Waals surface area (Å²) < 4.78 is 46.3. The number of methoxy groups -OCH3 is 1. The molecular formula is C31H35F3N8O2. The summed E-state index contributed by atoms with van der Waals surface area (Å²) in [7, 11) is 3.64. The fourth-order valence-electron chi connectivity index (χ4n) is 6.25. The lowest BCUT2D eigenvalue weighted by Crippen LogP contribution is -2.49. The third-order valence-corrected chi connectivity index (χ3v) is 8.78. The number of carbonyl (C=O) groups excluding carboxylic acids is 1. The van der Waals surface area contributed by atoms with Crippen LogP contribution in [0.15, 0.2) is 48.8 Å². The van der Waals surface area contributed by atoms with E-state index in [2.05, 4.69) is 32.1 Å². The van der Waals surface area contributed by atoms with Gasteiger partial charge < -0.3 is 20.7 Å². The van der Waals surface area contributed by atoms with E-state index in [1.807, 2.05) is 4.68 Å². The number of carbonyl (C=O) groups is 1.